The zero-order valence-corrected chi connectivity index (χ0v) is 45.4. The molecule has 14 aromatic rings. The van der Waals surface area contributed by atoms with Gasteiger partial charge in [-0.1, -0.05) is 242 Å². The molecular formula is C78H53BN3O. The first-order valence-electron chi connectivity index (χ1n) is 28.3. The van der Waals surface area contributed by atoms with Gasteiger partial charge in [-0.15, -0.1) is 0 Å². The van der Waals surface area contributed by atoms with Crippen LogP contribution in [0.15, 0.2) is 320 Å². The summed E-state index contributed by atoms with van der Waals surface area (Å²) in [4.78, 5) is 4.85. The summed E-state index contributed by atoms with van der Waals surface area (Å²) in [6.45, 7) is 0. The lowest BCUT2D eigenvalue weighted by atomic mass is 9.57. The second-order valence-corrected chi connectivity index (χ2v) is 21.2. The van der Waals surface area contributed by atoms with E-state index in [9.17, 15) is 0 Å². The maximum Gasteiger partial charge on any atom is 0.197 e. The van der Waals surface area contributed by atoms with Crippen molar-refractivity contribution in [1.82, 2.24) is 0 Å². The van der Waals surface area contributed by atoms with Crippen LogP contribution in [-0.4, -0.2) is 7.28 Å². The van der Waals surface area contributed by atoms with Crippen LogP contribution >= 0.6 is 0 Å². The average molecular weight is 1060 g/mol. The minimum atomic E-state index is 0.806. The first kappa shape index (κ1) is 49.2. The van der Waals surface area contributed by atoms with E-state index in [1.54, 1.807) is 0 Å². The average Bonchev–Trinajstić information content (AvgIpc) is 4.07. The predicted octanol–water partition coefficient (Wildman–Crippen LogP) is 20.2. The third-order valence-electron chi connectivity index (χ3n) is 16.1. The molecule has 0 saturated heterocycles. The highest BCUT2D eigenvalue weighted by Crippen LogP contribution is 2.49. The van der Waals surface area contributed by atoms with Gasteiger partial charge in [0, 0.05) is 50.8 Å². The summed E-state index contributed by atoms with van der Waals surface area (Å²) in [5.74, 6) is 0. The molecule has 0 amide bonds. The van der Waals surface area contributed by atoms with Crippen molar-refractivity contribution in [2.45, 2.75) is 0 Å². The molecule has 0 atom stereocenters. The molecule has 0 bridgehead atoms. The van der Waals surface area contributed by atoms with Gasteiger partial charge in [0.05, 0.1) is 11.1 Å². The second-order valence-electron chi connectivity index (χ2n) is 21.2. The van der Waals surface area contributed by atoms with Gasteiger partial charge in [0.1, 0.15) is 11.2 Å². The monoisotopic (exact) mass is 1060 g/mol. The van der Waals surface area contributed by atoms with Crippen molar-refractivity contribution in [3.05, 3.63) is 315 Å². The van der Waals surface area contributed by atoms with Crippen LogP contribution in [0.1, 0.15) is 0 Å². The van der Waals surface area contributed by atoms with Crippen LogP contribution < -0.4 is 26.0 Å². The number of fused-ring (bicyclic) bond motifs is 6. The Morgan fingerprint density at radius 1 is 0.337 bits per heavy atom. The fourth-order valence-corrected chi connectivity index (χ4v) is 12.0. The molecule has 1 radical (unpaired) electrons. The van der Waals surface area contributed by atoms with E-state index in [4.69, 9.17) is 4.42 Å². The summed E-state index contributed by atoms with van der Waals surface area (Å²) in [7, 11) is 2.40. The predicted molar refractivity (Wildman–Crippen MR) is 350 cm³/mol. The fourth-order valence-electron chi connectivity index (χ4n) is 12.0. The van der Waals surface area contributed by atoms with Crippen molar-refractivity contribution in [3.8, 4) is 66.8 Å². The summed E-state index contributed by atoms with van der Waals surface area (Å²) < 4.78 is 7.05. The van der Waals surface area contributed by atoms with Crippen molar-refractivity contribution < 1.29 is 4.42 Å². The molecule has 0 spiro atoms. The Balaban J connectivity index is 0.968. The van der Waals surface area contributed by atoms with E-state index in [-0.39, 0.29) is 0 Å². The lowest BCUT2D eigenvalue weighted by Gasteiger charge is -2.36. The van der Waals surface area contributed by atoms with Crippen LogP contribution in [0.25, 0.3) is 88.7 Å². The van der Waals surface area contributed by atoms with Crippen molar-refractivity contribution in [1.29, 1.82) is 0 Å². The van der Waals surface area contributed by atoms with Gasteiger partial charge in [0.15, 0.2) is 7.28 Å². The zero-order valence-electron chi connectivity index (χ0n) is 45.4. The highest BCUT2D eigenvalue weighted by Gasteiger charge is 2.33. The molecule has 0 fully saturated rings. The molecule has 4 nitrogen and oxygen atoms in total. The largest absolute Gasteiger partial charge is 0.456 e. The quantitative estimate of drug-likeness (QED) is 0.124. The molecule has 1 aliphatic heterocycles. The zero-order chi connectivity index (χ0) is 55.1. The normalized spacial score (nSPS) is 11.7. The lowest BCUT2D eigenvalue weighted by Crippen LogP contribution is -2.41. The number of para-hydroxylation sites is 1. The Bertz CT molecular complexity index is 4560. The van der Waals surface area contributed by atoms with Crippen LogP contribution in [-0.2, 0) is 0 Å². The molecule has 13 aromatic carbocycles. The summed E-state index contributed by atoms with van der Waals surface area (Å²) in [6.07, 6.45) is 0. The van der Waals surface area contributed by atoms with E-state index >= 15 is 0 Å². The van der Waals surface area contributed by atoms with E-state index in [1.807, 2.05) is 0 Å². The van der Waals surface area contributed by atoms with Crippen LogP contribution in [0.3, 0.4) is 0 Å². The number of rotatable bonds is 12. The SMILES string of the molecule is [B]1c2ccc(-c3ccccc3)cc2N(c2cccc(-c3ccccc3)c2)c2c1c(-c1ccc(N(c3ccc(-c4ccccc4)cc3)c3ccc(-c4ccccc4)cc3)cc1Nc1cccc(-c3ccccc3)c1)cc1oc3ccccc3c21. The molecular weight excluding hydrogens is 1010 g/mol. The fraction of sp³-hybridized carbons (Fsp3) is 0. The van der Waals surface area contributed by atoms with Gasteiger partial charge in [-0.2, -0.15) is 0 Å². The minimum absolute atomic E-state index is 0.806. The lowest BCUT2D eigenvalue weighted by molar-refractivity contribution is 0.669. The molecule has 1 aliphatic rings. The summed E-state index contributed by atoms with van der Waals surface area (Å²) >= 11 is 0. The van der Waals surface area contributed by atoms with Crippen molar-refractivity contribution in [2.75, 3.05) is 15.1 Å². The molecule has 0 aliphatic carbocycles. The van der Waals surface area contributed by atoms with Gasteiger partial charge in [-0.25, -0.2) is 0 Å². The Morgan fingerprint density at radius 3 is 1.40 bits per heavy atom. The Kier molecular flexibility index (Phi) is 12.6. The summed E-state index contributed by atoms with van der Waals surface area (Å²) in [6, 6.07) is 113. The minimum Gasteiger partial charge on any atom is -0.456 e. The molecule has 389 valence electrons. The number of hydrogen-bond donors (Lipinski definition) is 1. The highest BCUT2D eigenvalue weighted by molar-refractivity contribution is 6.74. The van der Waals surface area contributed by atoms with Gasteiger partial charge in [-0.05, 0) is 146 Å². The van der Waals surface area contributed by atoms with Gasteiger partial charge in [0.2, 0.25) is 0 Å². The van der Waals surface area contributed by atoms with Crippen LogP contribution in [0, 0.1) is 0 Å². The maximum absolute atomic E-state index is 7.05. The van der Waals surface area contributed by atoms with E-state index in [2.05, 4.69) is 338 Å². The first-order valence-corrected chi connectivity index (χ1v) is 28.3. The van der Waals surface area contributed by atoms with Crippen molar-refractivity contribution in [3.63, 3.8) is 0 Å². The number of anilines is 8. The van der Waals surface area contributed by atoms with Gasteiger partial charge < -0.3 is 19.5 Å². The molecule has 0 unspecified atom stereocenters. The number of nitrogens with one attached hydrogen (secondary N) is 1. The summed E-state index contributed by atoms with van der Waals surface area (Å²) in [5.41, 5.74) is 25.6. The molecule has 5 heteroatoms. The second kappa shape index (κ2) is 21.3. The van der Waals surface area contributed by atoms with Crippen LogP contribution in [0.2, 0.25) is 0 Å². The topological polar surface area (TPSA) is 31.6 Å². The molecule has 1 N–H and O–H groups in total. The number of hydrogen-bond acceptors (Lipinski definition) is 4. The maximum atomic E-state index is 7.05. The van der Waals surface area contributed by atoms with Gasteiger partial charge >= 0.3 is 0 Å². The van der Waals surface area contributed by atoms with E-state index in [1.165, 1.54) is 11.1 Å². The van der Waals surface area contributed by atoms with E-state index in [0.717, 1.165) is 134 Å². The number of furan rings is 1. The van der Waals surface area contributed by atoms with Crippen molar-refractivity contribution in [2.24, 2.45) is 0 Å². The number of benzene rings is 13. The van der Waals surface area contributed by atoms with Crippen molar-refractivity contribution >= 4 is 85.6 Å². The molecule has 1 aromatic heterocycles. The summed E-state index contributed by atoms with van der Waals surface area (Å²) in [5, 5.41) is 6.17. The smallest absolute Gasteiger partial charge is 0.197 e. The Morgan fingerprint density at radius 2 is 0.807 bits per heavy atom. The standard InChI is InChI=1S/C78H53BN3O/c1-6-20-53(21-7-1)58-36-41-64(42-37-58)81(65-43-38-59(39-44-65)54-22-8-2-9-23-54)67-45-46-68(72(51-67)80-63-32-18-30-60(48-63)55-24-10-3-11-25-55)70-52-75-76(69-34-16-17-35-74(69)83-75)78-77(70)79-71-47-40-62(57-28-14-5-15-29-57)50-73(71)82(78)66-33-19-31-61(49-66)56-26-12-4-13-27-56/h1-52,80H. The molecule has 83 heavy (non-hydrogen) atoms. The van der Waals surface area contributed by atoms with E-state index in [0.29, 0.717) is 0 Å². The molecule has 15 rings (SSSR count). The Hall–Kier alpha value is -10.9. The third-order valence-corrected chi connectivity index (χ3v) is 16.1. The van der Waals surface area contributed by atoms with E-state index < -0.39 is 0 Å². The Labute approximate surface area is 484 Å². The number of nitrogens with zero attached hydrogens (tertiary/aromatic N) is 2. The first-order chi connectivity index (χ1) is 41.1. The van der Waals surface area contributed by atoms with Crippen LogP contribution in [0.5, 0.6) is 0 Å². The highest BCUT2D eigenvalue weighted by atomic mass is 16.3. The molecule has 2 heterocycles. The van der Waals surface area contributed by atoms with Gasteiger partial charge in [0.25, 0.3) is 0 Å². The third kappa shape index (κ3) is 9.40. The molecule has 0 saturated carbocycles. The van der Waals surface area contributed by atoms with Crippen LogP contribution in [0.4, 0.5) is 45.5 Å². The van der Waals surface area contributed by atoms with Gasteiger partial charge in [-0.3, -0.25) is 0 Å².